The lowest BCUT2D eigenvalue weighted by Crippen LogP contribution is -2.25. The van der Waals surface area contributed by atoms with E-state index >= 15 is 0 Å². The fourth-order valence-electron chi connectivity index (χ4n) is 2.30. The Morgan fingerprint density at radius 3 is 2.83 bits per heavy atom. The van der Waals surface area contributed by atoms with E-state index in [1.54, 1.807) is 13.2 Å². The molecule has 0 spiro atoms. The molecule has 0 unspecified atom stereocenters. The highest BCUT2D eigenvalue weighted by Gasteiger charge is 2.11. The minimum absolute atomic E-state index is 0.130. The average Bonchev–Trinajstić information content (AvgIpc) is 2.59. The molecule has 0 aliphatic heterocycles. The Hall–Kier alpha value is -3.42. The minimum atomic E-state index is -0.645. The molecular weight excluding hydrogens is 312 g/mol. The highest BCUT2D eigenvalue weighted by Crippen LogP contribution is 2.17. The maximum absolute atomic E-state index is 12.3. The molecule has 0 radical (unpaired) electrons. The van der Waals surface area contributed by atoms with Crippen LogP contribution in [-0.4, -0.2) is 28.0 Å². The molecule has 0 aliphatic rings. The largest absolute Gasteiger partial charge is 0.496 e. The summed E-state index contributed by atoms with van der Waals surface area (Å²) in [6, 6.07) is 8.71. The highest BCUT2D eigenvalue weighted by atomic mass is 16.5. The zero-order chi connectivity index (χ0) is 17.1. The SMILES string of the molecule is COc1ccccc1CNC(=O)c1cnc2[nH]c(=O)[nH]c(=O)c2c1. The van der Waals surface area contributed by atoms with Gasteiger partial charge in [-0.05, 0) is 12.1 Å². The van der Waals surface area contributed by atoms with Crippen LogP contribution in [0.1, 0.15) is 15.9 Å². The first-order valence-corrected chi connectivity index (χ1v) is 7.11. The van der Waals surface area contributed by atoms with Gasteiger partial charge in [0.15, 0.2) is 0 Å². The number of amides is 1. The number of H-pyrrole nitrogens is 2. The van der Waals surface area contributed by atoms with Gasteiger partial charge < -0.3 is 10.1 Å². The third-order valence-corrected chi connectivity index (χ3v) is 3.49. The van der Waals surface area contributed by atoms with Gasteiger partial charge in [-0.1, -0.05) is 18.2 Å². The second-order valence-electron chi connectivity index (χ2n) is 5.02. The van der Waals surface area contributed by atoms with Crippen molar-refractivity contribution in [3.05, 3.63) is 68.5 Å². The normalized spacial score (nSPS) is 10.5. The van der Waals surface area contributed by atoms with Crippen molar-refractivity contribution in [3.63, 3.8) is 0 Å². The molecule has 3 N–H and O–H groups in total. The van der Waals surface area contributed by atoms with Crippen molar-refractivity contribution < 1.29 is 9.53 Å². The third kappa shape index (κ3) is 3.02. The number of nitrogens with zero attached hydrogens (tertiary/aromatic N) is 1. The Morgan fingerprint density at radius 2 is 2.04 bits per heavy atom. The molecule has 2 aromatic heterocycles. The van der Waals surface area contributed by atoms with Crippen LogP contribution in [0, 0.1) is 0 Å². The Labute approximate surface area is 135 Å². The topological polar surface area (TPSA) is 117 Å². The van der Waals surface area contributed by atoms with E-state index in [9.17, 15) is 14.4 Å². The van der Waals surface area contributed by atoms with Crippen molar-refractivity contribution >= 4 is 16.9 Å². The molecule has 2 heterocycles. The van der Waals surface area contributed by atoms with Crippen LogP contribution >= 0.6 is 0 Å². The molecule has 0 atom stereocenters. The number of hydrogen-bond acceptors (Lipinski definition) is 5. The van der Waals surface area contributed by atoms with E-state index < -0.39 is 11.2 Å². The van der Waals surface area contributed by atoms with Gasteiger partial charge in [-0.15, -0.1) is 0 Å². The second kappa shape index (κ2) is 6.37. The number of ether oxygens (including phenoxy) is 1. The molecule has 1 aromatic carbocycles. The maximum atomic E-state index is 12.3. The summed E-state index contributed by atoms with van der Waals surface area (Å²) in [5.74, 6) is 0.282. The molecule has 3 rings (SSSR count). The number of pyridine rings is 1. The van der Waals surface area contributed by atoms with Gasteiger partial charge in [-0.25, -0.2) is 9.78 Å². The van der Waals surface area contributed by atoms with Gasteiger partial charge in [0.25, 0.3) is 11.5 Å². The number of aromatic nitrogens is 3. The van der Waals surface area contributed by atoms with Gasteiger partial charge in [0.1, 0.15) is 11.4 Å². The molecule has 8 nitrogen and oxygen atoms in total. The number of methoxy groups -OCH3 is 1. The molecule has 1 amide bonds. The zero-order valence-corrected chi connectivity index (χ0v) is 12.8. The summed E-state index contributed by atoms with van der Waals surface area (Å²) < 4.78 is 5.23. The number of nitrogens with one attached hydrogen (secondary N) is 3. The Morgan fingerprint density at radius 1 is 1.25 bits per heavy atom. The maximum Gasteiger partial charge on any atom is 0.327 e. The molecule has 8 heteroatoms. The molecule has 0 fully saturated rings. The Kier molecular flexibility index (Phi) is 4.11. The molecule has 0 saturated carbocycles. The van der Waals surface area contributed by atoms with E-state index in [1.807, 2.05) is 18.2 Å². The van der Waals surface area contributed by atoms with Crippen LogP contribution in [0.5, 0.6) is 5.75 Å². The number of carbonyl (C=O) groups is 1. The summed E-state index contributed by atoms with van der Waals surface area (Å²) in [7, 11) is 1.56. The molecule has 122 valence electrons. The van der Waals surface area contributed by atoms with Crippen molar-refractivity contribution in [1.29, 1.82) is 0 Å². The fourth-order valence-corrected chi connectivity index (χ4v) is 2.30. The molecule has 0 bridgehead atoms. The highest BCUT2D eigenvalue weighted by molar-refractivity contribution is 5.96. The number of aromatic amines is 2. The van der Waals surface area contributed by atoms with Gasteiger partial charge in [-0.3, -0.25) is 19.6 Å². The van der Waals surface area contributed by atoms with Crippen molar-refractivity contribution in [2.24, 2.45) is 0 Å². The lowest BCUT2D eigenvalue weighted by molar-refractivity contribution is 0.0950. The van der Waals surface area contributed by atoms with Crippen LogP contribution in [0.25, 0.3) is 11.0 Å². The van der Waals surface area contributed by atoms with Crippen LogP contribution in [0.3, 0.4) is 0 Å². The van der Waals surface area contributed by atoms with Crippen LogP contribution in [0.2, 0.25) is 0 Å². The summed E-state index contributed by atoms with van der Waals surface area (Å²) in [6.45, 7) is 0.267. The van der Waals surface area contributed by atoms with Crippen molar-refractivity contribution in [1.82, 2.24) is 20.3 Å². The first-order chi connectivity index (χ1) is 11.6. The Balaban J connectivity index is 1.84. The second-order valence-corrected chi connectivity index (χ2v) is 5.02. The van der Waals surface area contributed by atoms with Crippen LogP contribution in [0.4, 0.5) is 0 Å². The molecule has 24 heavy (non-hydrogen) atoms. The zero-order valence-electron chi connectivity index (χ0n) is 12.8. The average molecular weight is 326 g/mol. The van der Waals surface area contributed by atoms with E-state index in [0.717, 1.165) is 5.56 Å². The van der Waals surface area contributed by atoms with E-state index in [4.69, 9.17) is 4.74 Å². The van der Waals surface area contributed by atoms with Crippen LogP contribution < -0.4 is 21.3 Å². The summed E-state index contributed by atoms with van der Waals surface area (Å²) >= 11 is 0. The predicted molar refractivity (Wildman–Crippen MR) is 87.1 cm³/mol. The van der Waals surface area contributed by atoms with Crippen molar-refractivity contribution in [2.75, 3.05) is 7.11 Å². The van der Waals surface area contributed by atoms with Crippen molar-refractivity contribution in [3.8, 4) is 5.75 Å². The van der Waals surface area contributed by atoms with Crippen LogP contribution in [-0.2, 0) is 6.54 Å². The van der Waals surface area contributed by atoms with Gasteiger partial charge >= 0.3 is 5.69 Å². The summed E-state index contributed by atoms with van der Waals surface area (Å²) in [5, 5.41) is 2.88. The van der Waals surface area contributed by atoms with E-state index in [1.165, 1.54) is 12.3 Å². The number of carbonyl (C=O) groups excluding carboxylic acids is 1. The lowest BCUT2D eigenvalue weighted by Gasteiger charge is -2.09. The van der Waals surface area contributed by atoms with Gasteiger partial charge in [-0.2, -0.15) is 0 Å². The fraction of sp³-hybridized carbons (Fsp3) is 0.125. The lowest BCUT2D eigenvalue weighted by atomic mass is 10.2. The monoisotopic (exact) mass is 326 g/mol. The molecule has 0 saturated heterocycles. The first kappa shape index (κ1) is 15.5. The quantitative estimate of drug-likeness (QED) is 0.647. The molecule has 3 aromatic rings. The van der Waals surface area contributed by atoms with Gasteiger partial charge in [0.2, 0.25) is 0 Å². The number of para-hydroxylation sites is 1. The van der Waals surface area contributed by atoms with Gasteiger partial charge in [0.05, 0.1) is 18.1 Å². The summed E-state index contributed by atoms with van der Waals surface area (Å²) in [5.41, 5.74) is -0.0711. The molecular formula is C16H14N4O4. The number of rotatable bonds is 4. The van der Waals surface area contributed by atoms with E-state index in [0.29, 0.717) is 5.75 Å². The van der Waals surface area contributed by atoms with Crippen LogP contribution in [0.15, 0.2) is 46.1 Å². The smallest absolute Gasteiger partial charge is 0.327 e. The number of hydrogen-bond donors (Lipinski definition) is 3. The van der Waals surface area contributed by atoms with Gasteiger partial charge in [0, 0.05) is 18.3 Å². The van der Waals surface area contributed by atoms with Crippen molar-refractivity contribution in [2.45, 2.75) is 6.54 Å². The van der Waals surface area contributed by atoms with E-state index in [2.05, 4.69) is 20.3 Å². The minimum Gasteiger partial charge on any atom is -0.496 e. The third-order valence-electron chi connectivity index (χ3n) is 3.49. The summed E-state index contributed by atoms with van der Waals surface area (Å²) in [4.78, 5) is 43.7. The number of benzene rings is 1. The van der Waals surface area contributed by atoms with E-state index in [-0.39, 0.29) is 29.0 Å². The predicted octanol–water partition coefficient (Wildman–Crippen LogP) is 0.550. The number of fused-ring (bicyclic) bond motifs is 1. The first-order valence-electron chi connectivity index (χ1n) is 7.11. The molecule has 0 aliphatic carbocycles. The summed E-state index contributed by atoms with van der Waals surface area (Å²) in [6.07, 6.45) is 1.30. The standard InChI is InChI=1S/C16H14N4O4/c1-24-12-5-3-2-4-9(12)7-18-14(21)10-6-11-13(17-8-10)19-16(23)20-15(11)22/h2-6,8H,7H2,1H3,(H,18,21)(H2,17,19,20,22,23). The Bertz CT molecular complexity index is 1020.